The summed E-state index contributed by atoms with van der Waals surface area (Å²) in [7, 11) is -4.10. The summed E-state index contributed by atoms with van der Waals surface area (Å²) in [5.74, 6) is -0.932. The van der Waals surface area contributed by atoms with Gasteiger partial charge in [-0.1, -0.05) is 45.0 Å². The molecule has 11 heteroatoms. The average molecular weight is 578 g/mol. The van der Waals surface area contributed by atoms with Gasteiger partial charge in [-0.15, -0.1) is 0 Å². The number of nitrogens with zero attached hydrogens (tertiary/aromatic N) is 3. The fraction of sp³-hybridized carbons (Fsp3) is 0.400. The molecule has 2 amide bonds. The Morgan fingerprint density at radius 1 is 1.05 bits per heavy atom. The van der Waals surface area contributed by atoms with Gasteiger partial charge < -0.3 is 15.0 Å². The number of carbonyl (C=O) groups is 2. The van der Waals surface area contributed by atoms with Gasteiger partial charge >= 0.3 is 0 Å². The second-order valence-corrected chi connectivity index (χ2v) is 13.7. The molecule has 216 valence electrons. The van der Waals surface area contributed by atoms with Gasteiger partial charge in [0.25, 0.3) is 10.0 Å². The maximum absolute atomic E-state index is 13.4. The number of benzene rings is 2. The number of likely N-dealkylation sites (tertiary alicyclic amines) is 1. The maximum atomic E-state index is 13.4. The zero-order valence-electron chi connectivity index (χ0n) is 23.9. The number of aromatic nitrogens is 2. The minimum Gasteiger partial charge on any atom is -0.472 e. The Balaban J connectivity index is 1.62. The molecule has 1 saturated heterocycles. The van der Waals surface area contributed by atoms with Crippen LogP contribution in [0.25, 0.3) is 11.3 Å². The molecule has 6 bridgehead atoms. The molecule has 5 rings (SSSR count). The van der Waals surface area contributed by atoms with Gasteiger partial charge in [-0.05, 0) is 55.0 Å². The van der Waals surface area contributed by atoms with E-state index in [1.807, 2.05) is 52.8 Å². The Hall–Kier alpha value is -3.99. The lowest BCUT2D eigenvalue weighted by atomic mass is 9.89. The van der Waals surface area contributed by atoms with E-state index in [4.69, 9.17) is 4.74 Å². The van der Waals surface area contributed by atoms with Crippen LogP contribution in [0.3, 0.4) is 0 Å². The van der Waals surface area contributed by atoms with Crippen molar-refractivity contribution in [3.05, 3.63) is 59.7 Å². The number of amides is 2. The van der Waals surface area contributed by atoms with Gasteiger partial charge in [0.15, 0.2) is 0 Å². The van der Waals surface area contributed by atoms with Crippen LogP contribution in [0.15, 0.2) is 53.4 Å². The second-order valence-electron chi connectivity index (χ2n) is 12.0. The summed E-state index contributed by atoms with van der Waals surface area (Å²) in [5, 5.41) is 2.83. The third kappa shape index (κ3) is 6.51. The molecule has 1 aromatic heterocycles. The first-order valence-electron chi connectivity index (χ1n) is 13.6. The molecule has 0 unspecified atom stereocenters. The minimum atomic E-state index is -4.10. The third-order valence-corrected chi connectivity index (χ3v) is 8.51. The molecule has 0 spiro atoms. The second kappa shape index (κ2) is 10.8. The molecule has 2 atom stereocenters. The van der Waals surface area contributed by atoms with Crippen LogP contribution in [0, 0.1) is 25.2 Å². The number of sulfonamides is 1. The zero-order chi connectivity index (χ0) is 29.5. The van der Waals surface area contributed by atoms with Crippen molar-refractivity contribution in [2.24, 2.45) is 11.3 Å². The van der Waals surface area contributed by atoms with Crippen LogP contribution < -0.4 is 14.8 Å². The summed E-state index contributed by atoms with van der Waals surface area (Å²) in [4.78, 5) is 37.3. The number of rotatable bonds is 2. The van der Waals surface area contributed by atoms with E-state index < -0.39 is 22.0 Å². The van der Waals surface area contributed by atoms with E-state index in [1.165, 1.54) is 12.1 Å². The molecule has 2 aliphatic heterocycles. The zero-order valence-corrected chi connectivity index (χ0v) is 24.7. The largest absolute Gasteiger partial charge is 0.472 e. The predicted molar refractivity (Wildman–Crippen MR) is 156 cm³/mol. The minimum absolute atomic E-state index is 0.0561. The molecule has 41 heavy (non-hydrogen) atoms. The molecule has 2 aliphatic rings. The van der Waals surface area contributed by atoms with E-state index in [1.54, 1.807) is 23.1 Å². The van der Waals surface area contributed by atoms with Gasteiger partial charge in [-0.3, -0.25) is 9.59 Å². The number of nitrogens with one attached hydrogen (secondary N) is 2. The maximum Gasteiger partial charge on any atom is 0.264 e. The standard InChI is InChI=1S/C30H35N5O5S/c1-18-8-6-9-19(2)27(18)24-14-25-33-29(32-24)34-41(38,39)23-11-7-10-21(13-23)31-28(37)20-12-22(40-25)17-35(16-20)26(36)15-30(3,4)5/h6-11,13-14,20,22H,12,15-17H2,1-5H3,(H,31,37)(H,32,33,34)/t20-,22+/m1/s1. The van der Waals surface area contributed by atoms with Gasteiger partial charge in [-0.2, -0.15) is 4.98 Å². The van der Waals surface area contributed by atoms with Crippen molar-refractivity contribution in [2.45, 2.75) is 58.5 Å². The van der Waals surface area contributed by atoms with Crippen molar-refractivity contribution in [1.29, 1.82) is 0 Å². The van der Waals surface area contributed by atoms with E-state index in [0.717, 1.165) is 16.7 Å². The number of aryl methyl sites for hydroxylation is 2. The van der Waals surface area contributed by atoms with E-state index in [-0.39, 0.29) is 47.0 Å². The molecule has 2 aromatic carbocycles. The number of ether oxygens (including phenoxy) is 1. The predicted octanol–water partition coefficient (Wildman–Crippen LogP) is 4.55. The normalized spacial score (nSPS) is 20.2. The number of anilines is 2. The van der Waals surface area contributed by atoms with Crippen LogP contribution in [0.2, 0.25) is 0 Å². The SMILES string of the molecule is Cc1cccc(C)c1-c1cc2nc(n1)NS(=O)(=O)c1cccc(c1)NC(=O)[C@@H]1C[C@@H](CN(C(=O)CC(C)(C)C)C1)O2. The van der Waals surface area contributed by atoms with Crippen molar-refractivity contribution >= 4 is 33.5 Å². The van der Waals surface area contributed by atoms with Gasteiger partial charge in [0.05, 0.1) is 23.1 Å². The average Bonchev–Trinajstić information content (AvgIpc) is 2.87. The number of piperidine rings is 1. The van der Waals surface area contributed by atoms with Gasteiger partial charge in [0.1, 0.15) is 6.10 Å². The third-order valence-electron chi connectivity index (χ3n) is 7.18. The van der Waals surface area contributed by atoms with Crippen LogP contribution in [-0.4, -0.2) is 54.3 Å². The van der Waals surface area contributed by atoms with E-state index in [0.29, 0.717) is 24.2 Å². The van der Waals surface area contributed by atoms with Crippen molar-refractivity contribution < 1.29 is 22.7 Å². The lowest BCUT2D eigenvalue weighted by Gasteiger charge is -2.38. The molecule has 0 aliphatic carbocycles. The Bertz CT molecular complexity index is 1600. The quantitative estimate of drug-likeness (QED) is 0.457. The van der Waals surface area contributed by atoms with Crippen LogP contribution in [-0.2, 0) is 19.6 Å². The van der Waals surface area contributed by atoms with Crippen molar-refractivity contribution in [3.8, 4) is 17.1 Å². The molecule has 2 N–H and O–H groups in total. The fourth-order valence-corrected chi connectivity index (χ4v) is 6.30. The molecule has 3 heterocycles. The Labute approximate surface area is 240 Å². The summed E-state index contributed by atoms with van der Waals surface area (Å²) in [6.45, 7) is 10.4. The first-order valence-corrected chi connectivity index (χ1v) is 15.1. The summed E-state index contributed by atoms with van der Waals surface area (Å²) in [5.41, 5.74) is 3.36. The molecule has 1 fully saturated rings. The van der Waals surface area contributed by atoms with E-state index in [2.05, 4.69) is 20.0 Å². The molecule has 0 saturated carbocycles. The summed E-state index contributed by atoms with van der Waals surface area (Å²) >= 11 is 0. The summed E-state index contributed by atoms with van der Waals surface area (Å²) < 4.78 is 35.5. The summed E-state index contributed by atoms with van der Waals surface area (Å²) in [6.07, 6.45) is 0.129. The highest BCUT2D eigenvalue weighted by atomic mass is 32.2. The van der Waals surface area contributed by atoms with Crippen LogP contribution in [0.5, 0.6) is 5.88 Å². The molecular weight excluding hydrogens is 542 g/mol. The monoisotopic (exact) mass is 577 g/mol. The van der Waals surface area contributed by atoms with Gasteiger partial charge in [0, 0.05) is 30.3 Å². The fourth-order valence-electron chi connectivity index (χ4n) is 5.31. The number of hydrogen-bond donors (Lipinski definition) is 2. The van der Waals surface area contributed by atoms with Crippen LogP contribution >= 0.6 is 0 Å². The van der Waals surface area contributed by atoms with Crippen molar-refractivity contribution in [3.63, 3.8) is 0 Å². The lowest BCUT2D eigenvalue weighted by Crippen LogP contribution is -2.51. The Morgan fingerprint density at radius 3 is 2.46 bits per heavy atom. The molecular formula is C30H35N5O5S. The molecule has 10 nitrogen and oxygen atoms in total. The molecule has 3 aromatic rings. The first-order chi connectivity index (χ1) is 19.3. The highest BCUT2D eigenvalue weighted by Crippen LogP contribution is 2.32. The first kappa shape index (κ1) is 28.5. The number of fused-ring (bicyclic) bond motifs is 6. The topological polar surface area (TPSA) is 131 Å². The smallest absolute Gasteiger partial charge is 0.264 e. The van der Waals surface area contributed by atoms with Gasteiger partial charge in [0.2, 0.25) is 23.6 Å². The van der Waals surface area contributed by atoms with Gasteiger partial charge in [-0.25, -0.2) is 18.1 Å². The van der Waals surface area contributed by atoms with Crippen molar-refractivity contribution in [1.82, 2.24) is 14.9 Å². The Morgan fingerprint density at radius 2 is 1.76 bits per heavy atom. The highest BCUT2D eigenvalue weighted by Gasteiger charge is 2.36. The highest BCUT2D eigenvalue weighted by molar-refractivity contribution is 7.92. The lowest BCUT2D eigenvalue weighted by molar-refractivity contribution is -0.139. The van der Waals surface area contributed by atoms with Crippen molar-refractivity contribution in [2.75, 3.05) is 23.1 Å². The van der Waals surface area contributed by atoms with Crippen LogP contribution in [0.1, 0.15) is 44.7 Å². The number of carbonyl (C=O) groups excluding carboxylic acids is 2. The Kier molecular flexibility index (Phi) is 7.50. The number of hydrogen-bond acceptors (Lipinski definition) is 7. The van der Waals surface area contributed by atoms with E-state index in [9.17, 15) is 18.0 Å². The van der Waals surface area contributed by atoms with E-state index >= 15 is 0 Å². The molecule has 0 radical (unpaired) electrons. The van der Waals surface area contributed by atoms with Crippen LogP contribution in [0.4, 0.5) is 11.6 Å². The summed E-state index contributed by atoms with van der Waals surface area (Å²) in [6, 6.07) is 13.5.